The molecule has 4 aromatic rings. The Bertz CT molecular complexity index is 1590. The minimum Gasteiger partial charge on any atom is -0.449 e. The van der Waals surface area contributed by atoms with E-state index in [1.807, 2.05) is 36.4 Å². The molecule has 0 fully saturated rings. The molecule has 204 valence electrons. The molecule has 0 unspecified atom stereocenters. The summed E-state index contributed by atoms with van der Waals surface area (Å²) in [6, 6.07) is 19.6. The number of rotatable bonds is 9. The van der Waals surface area contributed by atoms with E-state index in [1.165, 1.54) is 22.9 Å². The van der Waals surface area contributed by atoms with Gasteiger partial charge >= 0.3 is 6.09 Å². The lowest BCUT2D eigenvalue weighted by atomic mass is 9.98. The molecule has 0 bridgehead atoms. The first kappa shape index (κ1) is 26.7. The van der Waals surface area contributed by atoms with Gasteiger partial charge in [-0.1, -0.05) is 66.0 Å². The van der Waals surface area contributed by atoms with Crippen molar-refractivity contribution in [3.05, 3.63) is 88.0 Å². The number of benzene rings is 3. The topological polar surface area (TPSA) is 177 Å². The number of nitro groups is 1. The Balaban J connectivity index is 1.34. The van der Waals surface area contributed by atoms with Crippen LogP contribution in [0.15, 0.2) is 71.7 Å². The van der Waals surface area contributed by atoms with Gasteiger partial charge < -0.3 is 21.5 Å². The minimum atomic E-state index is -0.719. The van der Waals surface area contributed by atoms with Gasteiger partial charge in [-0.2, -0.15) is 0 Å². The number of hydrogen-bond acceptors (Lipinski definition) is 8. The molecule has 40 heavy (non-hydrogen) atoms. The lowest BCUT2D eigenvalue weighted by Gasteiger charge is -2.21. The van der Waals surface area contributed by atoms with E-state index in [2.05, 4.69) is 32.8 Å². The van der Waals surface area contributed by atoms with Gasteiger partial charge in [-0.05, 0) is 41.2 Å². The molecular weight excluding hydrogens is 532 g/mol. The zero-order valence-corrected chi connectivity index (χ0v) is 22.1. The van der Waals surface area contributed by atoms with Crippen LogP contribution in [0.2, 0.25) is 0 Å². The van der Waals surface area contributed by atoms with E-state index in [0.29, 0.717) is 30.4 Å². The Kier molecular flexibility index (Phi) is 7.64. The molecule has 5 rings (SSSR count). The quantitative estimate of drug-likeness (QED) is 0.0693. The first-order chi connectivity index (χ1) is 19.3. The van der Waals surface area contributed by atoms with Crippen molar-refractivity contribution in [1.29, 1.82) is 0 Å². The minimum absolute atomic E-state index is 0.0433. The van der Waals surface area contributed by atoms with Crippen LogP contribution in [0.25, 0.3) is 22.2 Å². The van der Waals surface area contributed by atoms with Crippen LogP contribution in [0.5, 0.6) is 0 Å². The zero-order chi connectivity index (χ0) is 28.2. The second kappa shape index (κ2) is 11.5. The highest BCUT2D eigenvalue weighted by molar-refractivity contribution is 7.80. The maximum absolute atomic E-state index is 13.1. The normalized spacial score (nSPS) is 12.8. The fourth-order valence-corrected chi connectivity index (χ4v) is 5.19. The van der Waals surface area contributed by atoms with Crippen LogP contribution < -0.4 is 16.8 Å². The van der Waals surface area contributed by atoms with E-state index in [4.69, 9.17) is 28.4 Å². The molecule has 0 spiro atoms. The van der Waals surface area contributed by atoms with Crippen LogP contribution in [0.3, 0.4) is 0 Å². The van der Waals surface area contributed by atoms with Crippen molar-refractivity contribution in [1.82, 2.24) is 20.3 Å². The number of carbonyl (C=O) groups is 1. The van der Waals surface area contributed by atoms with Crippen molar-refractivity contribution in [3.63, 3.8) is 0 Å². The predicted molar refractivity (Wildman–Crippen MR) is 154 cm³/mol. The molecule has 12 nitrogen and oxygen atoms in total. The molecule has 3 aromatic carbocycles. The maximum Gasteiger partial charge on any atom is 0.407 e. The van der Waals surface area contributed by atoms with Gasteiger partial charge in [0.25, 0.3) is 5.69 Å². The van der Waals surface area contributed by atoms with Gasteiger partial charge in [0.15, 0.2) is 5.96 Å². The van der Waals surface area contributed by atoms with Crippen molar-refractivity contribution >= 4 is 46.0 Å². The molecule has 1 aliphatic carbocycles. The number of nitro benzene ring substituents is 1. The van der Waals surface area contributed by atoms with Crippen LogP contribution in [-0.2, 0) is 4.74 Å². The number of fused-ring (bicyclic) bond motifs is 4. The first-order valence-corrected chi connectivity index (χ1v) is 12.9. The number of nitrogens with two attached hydrogens (primary N) is 2. The molecule has 0 saturated heterocycles. The summed E-state index contributed by atoms with van der Waals surface area (Å²) < 4.78 is 7.02. The number of nitrogens with one attached hydrogen (secondary N) is 1. The summed E-state index contributed by atoms with van der Waals surface area (Å²) in [6.45, 7) is 0.448. The Morgan fingerprint density at radius 3 is 2.45 bits per heavy atom. The van der Waals surface area contributed by atoms with E-state index < -0.39 is 17.1 Å². The standard InChI is InChI=1S/C27H26N8O4S/c28-26(29)30-13-5-10-23(25(40)34-24-14-16(35(37)38)11-12-22(24)32-33-34)31-27(36)39-15-21-19-8-3-1-6-17(19)18-7-2-4-9-20(18)21/h1-4,6-9,11-12,14,21,23H,5,10,13,15H2,(H,31,36)(H4,28,29,30)/t23-/m0/s1. The summed E-state index contributed by atoms with van der Waals surface area (Å²) in [5.74, 6) is -0.150. The molecule has 1 amide bonds. The fourth-order valence-electron chi connectivity index (χ4n) is 4.87. The van der Waals surface area contributed by atoms with Crippen molar-refractivity contribution in [2.24, 2.45) is 16.5 Å². The summed E-state index contributed by atoms with van der Waals surface area (Å²) in [7, 11) is 0. The number of ether oxygens (including phenoxy) is 1. The number of aliphatic imine (C=N–C) groups is 1. The molecule has 0 aliphatic heterocycles. The highest BCUT2D eigenvalue weighted by atomic mass is 32.1. The number of hydrogen-bond donors (Lipinski definition) is 3. The smallest absolute Gasteiger partial charge is 0.407 e. The number of alkyl carbamates (subject to hydrolysis) is 1. The largest absolute Gasteiger partial charge is 0.449 e. The van der Waals surface area contributed by atoms with Gasteiger partial charge in [-0.3, -0.25) is 15.1 Å². The highest BCUT2D eigenvalue weighted by Crippen LogP contribution is 2.44. The van der Waals surface area contributed by atoms with E-state index in [9.17, 15) is 14.9 Å². The summed E-state index contributed by atoms with van der Waals surface area (Å²) in [5, 5.41) is 22.3. The molecule has 1 aromatic heterocycles. The van der Waals surface area contributed by atoms with Gasteiger partial charge in [0.05, 0.1) is 11.0 Å². The SMILES string of the molecule is NC(N)=NCCC[C@H](NC(=O)OCC1c2ccccc2-c2ccccc21)C(=S)n1nnc2ccc([N+](=O)[O-])cc21. The molecular formula is C27H26N8O4S. The second-order valence-electron chi connectivity index (χ2n) is 9.24. The molecule has 1 atom stereocenters. The first-order valence-electron chi connectivity index (χ1n) is 12.5. The third-order valence-electron chi connectivity index (χ3n) is 6.73. The summed E-state index contributed by atoms with van der Waals surface area (Å²) in [5.41, 5.74) is 15.9. The summed E-state index contributed by atoms with van der Waals surface area (Å²) >= 11 is 5.68. The summed E-state index contributed by atoms with van der Waals surface area (Å²) in [4.78, 5) is 28.0. The number of carbonyl (C=O) groups excluding carboxylic acids is 1. The van der Waals surface area contributed by atoms with E-state index in [1.54, 1.807) is 0 Å². The van der Waals surface area contributed by atoms with Crippen molar-refractivity contribution in [2.45, 2.75) is 24.8 Å². The fraction of sp³-hybridized carbons (Fsp3) is 0.222. The third kappa shape index (κ3) is 5.45. The zero-order valence-electron chi connectivity index (χ0n) is 21.3. The van der Waals surface area contributed by atoms with E-state index >= 15 is 0 Å². The number of nitrogens with zero attached hydrogens (tertiary/aromatic N) is 5. The molecule has 0 saturated carbocycles. The summed E-state index contributed by atoms with van der Waals surface area (Å²) in [6.07, 6.45) is 0.182. The van der Waals surface area contributed by atoms with E-state index in [0.717, 1.165) is 22.3 Å². The van der Waals surface area contributed by atoms with Gasteiger partial charge in [0.1, 0.15) is 22.6 Å². The van der Waals surface area contributed by atoms with Gasteiger partial charge in [0, 0.05) is 24.6 Å². The van der Waals surface area contributed by atoms with Crippen molar-refractivity contribution in [2.75, 3.05) is 13.2 Å². The Morgan fingerprint density at radius 1 is 1.12 bits per heavy atom. The maximum atomic E-state index is 13.1. The average Bonchev–Trinajstić information content (AvgIpc) is 3.52. The number of guanidine groups is 1. The van der Waals surface area contributed by atoms with Crippen LogP contribution in [0, 0.1) is 10.1 Å². The average molecular weight is 559 g/mol. The van der Waals surface area contributed by atoms with Crippen LogP contribution in [0.1, 0.15) is 29.9 Å². The number of non-ortho nitro benzene ring substituents is 1. The second-order valence-corrected chi connectivity index (χ2v) is 9.66. The monoisotopic (exact) mass is 558 g/mol. The molecule has 1 aliphatic rings. The molecule has 0 radical (unpaired) electrons. The van der Waals surface area contributed by atoms with Gasteiger partial charge in [-0.25, -0.2) is 9.48 Å². The van der Waals surface area contributed by atoms with E-state index in [-0.39, 0.29) is 29.2 Å². The predicted octanol–water partition coefficient (Wildman–Crippen LogP) is 3.48. The lowest BCUT2D eigenvalue weighted by molar-refractivity contribution is -0.384. The third-order valence-corrected chi connectivity index (χ3v) is 7.19. The van der Waals surface area contributed by atoms with Crippen molar-refractivity contribution < 1.29 is 14.5 Å². The van der Waals surface area contributed by atoms with Crippen LogP contribution >= 0.6 is 12.2 Å². The van der Waals surface area contributed by atoms with Gasteiger partial charge in [-0.15, -0.1) is 5.10 Å². The number of thiocarbonyl (C=S) groups is 1. The lowest BCUT2D eigenvalue weighted by Crippen LogP contribution is -2.43. The molecule has 13 heteroatoms. The highest BCUT2D eigenvalue weighted by Gasteiger charge is 2.30. The number of aromatic nitrogens is 3. The Morgan fingerprint density at radius 2 is 1.80 bits per heavy atom. The Labute approximate surface area is 234 Å². The Hall–Kier alpha value is -4.91. The van der Waals surface area contributed by atoms with Crippen molar-refractivity contribution in [3.8, 4) is 11.1 Å². The number of amides is 1. The van der Waals surface area contributed by atoms with Crippen LogP contribution in [0.4, 0.5) is 10.5 Å². The molecule has 1 heterocycles. The van der Waals surface area contributed by atoms with Gasteiger partial charge in [0.2, 0.25) is 0 Å². The van der Waals surface area contributed by atoms with Crippen LogP contribution in [-0.4, -0.2) is 56.2 Å². The molecule has 5 N–H and O–H groups in total.